The third kappa shape index (κ3) is 4.06. The van der Waals surface area contributed by atoms with Crippen molar-refractivity contribution < 1.29 is 4.79 Å². The molecule has 0 bridgehead atoms. The molecular weight excluding hydrogens is 329 g/mol. The second-order valence-corrected chi connectivity index (χ2v) is 5.81. The smallest absolute Gasteiger partial charge is 0.223 e. The zero-order valence-electron chi connectivity index (χ0n) is 10.2. The van der Waals surface area contributed by atoms with E-state index in [1.54, 1.807) is 0 Å². The third-order valence-electron chi connectivity index (χ3n) is 3.94. The van der Waals surface area contributed by atoms with Crippen LogP contribution >= 0.6 is 22.9 Å². The lowest BCUT2D eigenvalue weighted by molar-refractivity contribution is -0.126. The monoisotopic (exact) mass is 351 g/mol. The Morgan fingerprint density at radius 2 is 1.59 bits per heavy atom. The number of piperidine rings is 1. The van der Waals surface area contributed by atoms with E-state index in [1.807, 2.05) is 0 Å². The lowest BCUT2D eigenvalue weighted by Gasteiger charge is -2.30. The maximum absolute atomic E-state index is 12.1. The molecule has 2 rings (SSSR count). The van der Waals surface area contributed by atoms with Gasteiger partial charge in [-0.1, -0.05) is 0 Å². The van der Waals surface area contributed by atoms with Gasteiger partial charge in [-0.2, -0.15) is 0 Å². The molecule has 0 unspecified atom stereocenters. The molecule has 2 aliphatic rings. The second-order valence-electron chi connectivity index (χ2n) is 5.19. The highest BCUT2D eigenvalue weighted by Gasteiger charge is 2.26. The van der Waals surface area contributed by atoms with Gasteiger partial charge in [0.15, 0.2) is 0 Å². The fraction of sp³-hybridized carbons (Fsp3) is 0.917. The van der Waals surface area contributed by atoms with Crippen LogP contribution in [0.5, 0.6) is 0 Å². The van der Waals surface area contributed by atoms with Crippen molar-refractivity contribution in [3.8, 4) is 0 Å². The molecule has 1 aliphatic heterocycles. The molecule has 0 aromatic rings. The van der Waals surface area contributed by atoms with Gasteiger partial charge >= 0.3 is 0 Å². The maximum atomic E-state index is 12.1. The van der Waals surface area contributed by atoms with Gasteiger partial charge in [0.2, 0.25) is 5.91 Å². The first kappa shape index (κ1) is 13.5. The van der Waals surface area contributed by atoms with Crippen molar-refractivity contribution in [2.75, 3.05) is 13.1 Å². The number of amides is 1. The number of nitrogens with one attached hydrogen (secondary N) is 3. The van der Waals surface area contributed by atoms with Crippen LogP contribution in [-0.4, -0.2) is 31.1 Å². The zero-order chi connectivity index (χ0) is 12.1. The highest BCUT2D eigenvalue weighted by Crippen LogP contribution is 2.20. The second kappa shape index (κ2) is 6.89. The van der Waals surface area contributed by atoms with E-state index in [0.29, 0.717) is 12.1 Å². The van der Waals surface area contributed by atoms with E-state index in [-0.39, 0.29) is 11.8 Å². The van der Waals surface area contributed by atoms with Crippen LogP contribution in [0.15, 0.2) is 0 Å². The van der Waals surface area contributed by atoms with Crippen LogP contribution in [0.1, 0.15) is 38.5 Å². The maximum Gasteiger partial charge on any atom is 0.223 e. The molecule has 1 saturated heterocycles. The average Bonchev–Trinajstić information content (AvgIpc) is 2.40. The molecule has 98 valence electrons. The van der Waals surface area contributed by atoms with Crippen molar-refractivity contribution in [2.24, 2.45) is 5.92 Å². The Kier molecular flexibility index (Phi) is 5.49. The lowest BCUT2D eigenvalue weighted by Crippen LogP contribution is -2.45. The SMILES string of the molecule is O=C(NC1CCC(NI)CC1)C1CCNCC1. The number of halogens is 1. The Bertz CT molecular complexity index is 248. The summed E-state index contributed by atoms with van der Waals surface area (Å²) >= 11 is 2.23. The van der Waals surface area contributed by atoms with Crippen molar-refractivity contribution in [3.05, 3.63) is 0 Å². The first-order valence-corrected chi connectivity index (χ1v) is 7.74. The topological polar surface area (TPSA) is 53.2 Å². The van der Waals surface area contributed by atoms with E-state index in [9.17, 15) is 4.79 Å². The summed E-state index contributed by atoms with van der Waals surface area (Å²) in [5.74, 6) is 0.536. The van der Waals surface area contributed by atoms with Gasteiger partial charge < -0.3 is 10.6 Å². The largest absolute Gasteiger partial charge is 0.353 e. The van der Waals surface area contributed by atoms with Crippen LogP contribution in [0.3, 0.4) is 0 Å². The summed E-state index contributed by atoms with van der Waals surface area (Å²) in [6, 6.07) is 1.06. The van der Waals surface area contributed by atoms with Crippen molar-refractivity contribution in [1.29, 1.82) is 0 Å². The minimum Gasteiger partial charge on any atom is -0.353 e. The van der Waals surface area contributed by atoms with E-state index < -0.39 is 0 Å². The summed E-state index contributed by atoms with van der Waals surface area (Å²) in [5, 5.41) is 6.53. The molecule has 1 heterocycles. The van der Waals surface area contributed by atoms with Crippen LogP contribution in [0.4, 0.5) is 0 Å². The lowest BCUT2D eigenvalue weighted by atomic mass is 9.90. The number of rotatable bonds is 3. The number of hydrogen-bond acceptors (Lipinski definition) is 3. The molecule has 2 fully saturated rings. The number of hydrogen-bond donors (Lipinski definition) is 3. The fourth-order valence-corrected chi connectivity index (χ4v) is 3.37. The van der Waals surface area contributed by atoms with Crippen LogP contribution in [-0.2, 0) is 4.79 Å². The molecule has 5 heteroatoms. The normalized spacial score (nSPS) is 31.1. The minimum atomic E-state index is 0.247. The molecule has 0 radical (unpaired) electrons. The highest BCUT2D eigenvalue weighted by molar-refractivity contribution is 14.1. The molecular formula is C12H22IN3O. The fourth-order valence-electron chi connectivity index (χ4n) is 2.75. The van der Waals surface area contributed by atoms with Crippen molar-refractivity contribution in [3.63, 3.8) is 0 Å². The van der Waals surface area contributed by atoms with Crippen molar-refractivity contribution in [1.82, 2.24) is 14.2 Å². The molecule has 0 aromatic heterocycles. The molecule has 17 heavy (non-hydrogen) atoms. The van der Waals surface area contributed by atoms with Crippen LogP contribution < -0.4 is 14.2 Å². The summed E-state index contributed by atoms with van der Waals surface area (Å²) in [6.45, 7) is 1.98. The highest BCUT2D eigenvalue weighted by atomic mass is 127. The molecule has 1 saturated carbocycles. The van der Waals surface area contributed by atoms with Gasteiger partial charge in [-0.05, 0) is 51.6 Å². The molecule has 4 nitrogen and oxygen atoms in total. The van der Waals surface area contributed by atoms with Gasteiger partial charge in [-0.3, -0.25) is 8.32 Å². The van der Waals surface area contributed by atoms with Gasteiger partial charge in [-0.25, -0.2) is 0 Å². The summed E-state index contributed by atoms with van der Waals surface area (Å²) in [4.78, 5) is 12.1. The minimum absolute atomic E-state index is 0.247. The Morgan fingerprint density at radius 1 is 1.00 bits per heavy atom. The van der Waals surface area contributed by atoms with Crippen LogP contribution in [0, 0.1) is 5.92 Å². The van der Waals surface area contributed by atoms with Gasteiger partial charge in [0, 0.05) is 40.9 Å². The van der Waals surface area contributed by atoms with Crippen molar-refractivity contribution >= 4 is 28.8 Å². The number of carbonyl (C=O) groups is 1. The standard InChI is InChI=1S/C12H22IN3O/c13-16-11-3-1-10(2-4-11)15-12(17)9-5-7-14-8-6-9/h9-11,14,16H,1-8H2,(H,15,17). The summed E-state index contributed by atoms with van der Waals surface area (Å²) in [6.07, 6.45) is 6.60. The third-order valence-corrected chi connectivity index (χ3v) is 4.82. The first-order valence-electron chi connectivity index (χ1n) is 6.67. The molecule has 1 amide bonds. The predicted octanol–water partition coefficient (Wildman–Crippen LogP) is 1.35. The Balaban J connectivity index is 1.71. The number of carbonyl (C=O) groups excluding carboxylic acids is 1. The van der Waals surface area contributed by atoms with E-state index in [4.69, 9.17) is 0 Å². The quantitative estimate of drug-likeness (QED) is 0.532. The van der Waals surface area contributed by atoms with Gasteiger partial charge in [0.1, 0.15) is 0 Å². The van der Waals surface area contributed by atoms with Gasteiger partial charge in [0.25, 0.3) is 0 Å². The van der Waals surface area contributed by atoms with E-state index in [2.05, 4.69) is 37.0 Å². The first-order chi connectivity index (χ1) is 8.29. The van der Waals surface area contributed by atoms with E-state index in [0.717, 1.165) is 38.8 Å². The predicted molar refractivity (Wildman–Crippen MR) is 76.9 cm³/mol. The Hall–Kier alpha value is 0.120. The summed E-state index contributed by atoms with van der Waals surface area (Å²) < 4.78 is 3.29. The molecule has 0 spiro atoms. The van der Waals surface area contributed by atoms with Gasteiger partial charge in [-0.15, -0.1) is 0 Å². The van der Waals surface area contributed by atoms with Crippen LogP contribution in [0.2, 0.25) is 0 Å². The van der Waals surface area contributed by atoms with Crippen molar-refractivity contribution in [2.45, 2.75) is 50.6 Å². The zero-order valence-corrected chi connectivity index (χ0v) is 12.3. The van der Waals surface area contributed by atoms with E-state index in [1.165, 1.54) is 12.8 Å². The molecule has 0 atom stereocenters. The molecule has 1 aliphatic carbocycles. The Morgan fingerprint density at radius 3 is 2.18 bits per heavy atom. The molecule has 0 aromatic carbocycles. The summed E-state index contributed by atoms with van der Waals surface area (Å²) in [7, 11) is 0. The Labute approximate surface area is 117 Å². The molecule has 3 N–H and O–H groups in total. The van der Waals surface area contributed by atoms with E-state index >= 15 is 0 Å². The average molecular weight is 351 g/mol. The summed E-state index contributed by atoms with van der Waals surface area (Å²) in [5.41, 5.74) is 0. The van der Waals surface area contributed by atoms with Gasteiger partial charge in [0.05, 0.1) is 0 Å². The van der Waals surface area contributed by atoms with Crippen LogP contribution in [0.25, 0.3) is 0 Å².